The van der Waals surface area contributed by atoms with Gasteiger partial charge in [0.15, 0.2) is 16.7 Å². The van der Waals surface area contributed by atoms with E-state index >= 15 is 0 Å². The smallest absolute Gasteiger partial charge is 0.234 e. The van der Waals surface area contributed by atoms with E-state index in [0.717, 1.165) is 11.3 Å². The van der Waals surface area contributed by atoms with E-state index in [2.05, 4.69) is 15.5 Å². The van der Waals surface area contributed by atoms with Crippen molar-refractivity contribution in [2.45, 2.75) is 5.16 Å². The Bertz CT molecular complexity index is 1210. The Balaban J connectivity index is 1.41. The van der Waals surface area contributed by atoms with Gasteiger partial charge in [0.1, 0.15) is 11.5 Å². The van der Waals surface area contributed by atoms with Crippen molar-refractivity contribution in [3.63, 3.8) is 0 Å². The van der Waals surface area contributed by atoms with Gasteiger partial charge in [-0.1, -0.05) is 54.2 Å². The molecule has 32 heavy (non-hydrogen) atoms. The molecular formula is C24H22N4O3S. The highest BCUT2D eigenvalue weighted by Crippen LogP contribution is 2.30. The summed E-state index contributed by atoms with van der Waals surface area (Å²) in [5, 5.41) is 12.1. The van der Waals surface area contributed by atoms with Crippen LogP contribution < -0.4 is 14.8 Å². The third-order valence-corrected chi connectivity index (χ3v) is 5.65. The zero-order valence-electron chi connectivity index (χ0n) is 17.7. The van der Waals surface area contributed by atoms with Crippen LogP contribution in [0.15, 0.2) is 84.0 Å². The van der Waals surface area contributed by atoms with Crippen LogP contribution >= 0.6 is 11.8 Å². The minimum absolute atomic E-state index is 0.162. The minimum atomic E-state index is -0.162. The lowest BCUT2D eigenvalue weighted by molar-refractivity contribution is -0.113. The van der Waals surface area contributed by atoms with Gasteiger partial charge in [0.05, 0.1) is 18.6 Å². The summed E-state index contributed by atoms with van der Waals surface area (Å²) in [6.45, 7) is 0. The average molecular weight is 447 g/mol. The fraction of sp³-hybridized carbons (Fsp3) is 0.125. The van der Waals surface area contributed by atoms with Crippen LogP contribution in [0.25, 0.3) is 11.4 Å². The van der Waals surface area contributed by atoms with Crippen LogP contribution in [0.3, 0.4) is 0 Å². The predicted molar refractivity (Wildman–Crippen MR) is 125 cm³/mol. The highest BCUT2D eigenvalue weighted by Gasteiger charge is 2.14. The van der Waals surface area contributed by atoms with E-state index in [4.69, 9.17) is 9.47 Å². The second-order valence-corrected chi connectivity index (χ2v) is 7.79. The highest BCUT2D eigenvalue weighted by atomic mass is 32.2. The molecule has 0 saturated carbocycles. The molecule has 7 nitrogen and oxygen atoms in total. The Morgan fingerprint density at radius 2 is 1.72 bits per heavy atom. The SMILES string of the molecule is COc1cccc(-c2nnc(SCC(=O)Nc3ccccc3Oc3ccccc3)n2C)c1. The molecule has 4 rings (SSSR count). The fourth-order valence-corrected chi connectivity index (χ4v) is 3.76. The molecule has 8 heteroatoms. The summed E-state index contributed by atoms with van der Waals surface area (Å²) in [5.74, 6) is 2.75. The first-order valence-electron chi connectivity index (χ1n) is 9.92. The van der Waals surface area contributed by atoms with Crippen LogP contribution in [0.5, 0.6) is 17.2 Å². The van der Waals surface area contributed by atoms with Crippen molar-refractivity contribution >= 4 is 23.4 Å². The van der Waals surface area contributed by atoms with Crippen molar-refractivity contribution in [3.05, 3.63) is 78.9 Å². The number of nitrogens with one attached hydrogen (secondary N) is 1. The van der Waals surface area contributed by atoms with Crippen LogP contribution in [-0.4, -0.2) is 33.5 Å². The van der Waals surface area contributed by atoms with Gasteiger partial charge in [-0.3, -0.25) is 4.79 Å². The van der Waals surface area contributed by atoms with Crippen LogP contribution in [0.1, 0.15) is 0 Å². The van der Waals surface area contributed by atoms with E-state index < -0.39 is 0 Å². The molecule has 0 aliphatic heterocycles. The molecule has 3 aromatic carbocycles. The van der Waals surface area contributed by atoms with Gasteiger partial charge in [-0.05, 0) is 36.4 Å². The topological polar surface area (TPSA) is 78.3 Å². The molecule has 0 fully saturated rings. The number of benzene rings is 3. The van der Waals surface area contributed by atoms with Crippen molar-refractivity contribution in [2.75, 3.05) is 18.2 Å². The Labute approximate surface area is 190 Å². The Morgan fingerprint density at radius 3 is 2.53 bits per heavy atom. The number of hydrogen-bond acceptors (Lipinski definition) is 6. The first-order chi connectivity index (χ1) is 15.6. The number of amides is 1. The zero-order chi connectivity index (χ0) is 22.3. The summed E-state index contributed by atoms with van der Waals surface area (Å²) in [4.78, 5) is 12.6. The number of anilines is 1. The summed E-state index contributed by atoms with van der Waals surface area (Å²) in [7, 11) is 3.50. The van der Waals surface area contributed by atoms with Gasteiger partial charge in [0.25, 0.3) is 0 Å². The van der Waals surface area contributed by atoms with Crippen molar-refractivity contribution in [1.29, 1.82) is 0 Å². The largest absolute Gasteiger partial charge is 0.497 e. The lowest BCUT2D eigenvalue weighted by Crippen LogP contribution is -2.15. The van der Waals surface area contributed by atoms with Crippen LogP contribution in [0.4, 0.5) is 5.69 Å². The quantitative estimate of drug-likeness (QED) is 0.383. The number of para-hydroxylation sites is 3. The molecule has 0 radical (unpaired) electrons. The van der Waals surface area contributed by atoms with Crippen molar-refractivity contribution < 1.29 is 14.3 Å². The fourth-order valence-electron chi connectivity index (χ4n) is 3.04. The summed E-state index contributed by atoms with van der Waals surface area (Å²) in [5.41, 5.74) is 1.50. The Hall–Kier alpha value is -3.78. The third-order valence-electron chi connectivity index (χ3n) is 4.63. The van der Waals surface area contributed by atoms with Gasteiger partial charge in [0, 0.05) is 12.6 Å². The van der Waals surface area contributed by atoms with E-state index in [1.807, 2.05) is 90.5 Å². The van der Waals surface area contributed by atoms with Gasteiger partial charge >= 0.3 is 0 Å². The molecule has 0 bridgehead atoms. The van der Waals surface area contributed by atoms with Crippen LogP contribution in [0.2, 0.25) is 0 Å². The van der Waals surface area contributed by atoms with Crippen molar-refractivity contribution in [3.8, 4) is 28.6 Å². The zero-order valence-corrected chi connectivity index (χ0v) is 18.5. The summed E-state index contributed by atoms with van der Waals surface area (Å²) in [6, 6.07) is 24.4. The van der Waals surface area contributed by atoms with E-state index in [9.17, 15) is 4.79 Å². The van der Waals surface area contributed by atoms with E-state index in [1.54, 1.807) is 7.11 Å². The number of nitrogens with zero attached hydrogens (tertiary/aromatic N) is 3. The van der Waals surface area contributed by atoms with E-state index in [0.29, 0.717) is 28.2 Å². The van der Waals surface area contributed by atoms with Gasteiger partial charge in [-0.25, -0.2) is 0 Å². The molecule has 0 unspecified atom stereocenters. The molecule has 0 spiro atoms. The molecule has 0 atom stereocenters. The van der Waals surface area contributed by atoms with Crippen LogP contribution in [-0.2, 0) is 11.8 Å². The second kappa shape index (κ2) is 10.0. The number of carbonyl (C=O) groups excluding carboxylic acids is 1. The molecule has 162 valence electrons. The molecule has 1 amide bonds. The van der Waals surface area contributed by atoms with Crippen LogP contribution in [0, 0.1) is 0 Å². The summed E-state index contributed by atoms with van der Waals surface area (Å²) < 4.78 is 13.0. The number of aromatic nitrogens is 3. The standard InChI is InChI=1S/C24H22N4O3S/c1-28-23(17-9-8-12-19(15-17)30-2)26-27-24(28)32-16-22(29)25-20-13-6-7-14-21(20)31-18-10-4-3-5-11-18/h3-15H,16H2,1-2H3,(H,25,29). The maximum absolute atomic E-state index is 12.6. The van der Waals surface area contributed by atoms with E-state index in [1.165, 1.54) is 11.8 Å². The molecular weight excluding hydrogens is 424 g/mol. The number of ether oxygens (including phenoxy) is 2. The maximum atomic E-state index is 12.6. The summed E-state index contributed by atoms with van der Waals surface area (Å²) >= 11 is 1.31. The van der Waals surface area contributed by atoms with Crippen molar-refractivity contribution in [2.24, 2.45) is 7.05 Å². The second-order valence-electron chi connectivity index (χ2n) is 6.85. The highest BCUT2D eigenvalue weighted by molar-refractivity contribution is 7.99. The predicted octanol–water partition coefficient (Wildman–Crippen LogP) is 5.01. The van der Waals surface area contributed by atoms with Gasteiger partial charge in [0.2, 0.25) is 5.91 Å². The third kappa shape index (κ3) is 5.09. The maximum Gasteiger partial charge on any atom is 0.234 e. The molecule has 1 heterocycles. The van der Waals surface area contributed by atoms with Gasteiger partial charge in [-0.2, -0.15) is 0 Å². The Morgan fingerprint density at radius 1 is 0.969 bits per heavy atom. The number of rotatable bonds is 8. The number of methoxy groups -OCH3 is 1. The lowest BCUT2D eigenvalue weighted by atomic mass is 10.2. The normalized spacial score (nSPS) is 10.6. The number of thioether (sulfide) groups is 1. The molecule has 4 aromatic rings. The first kappa shape index (κ1) is 21.5. The summed E-state index contributed by atoms with van der Waals surface area (Å²) in [6.07, 6.45) is 0. The minimum Gasteiger partial charge on any atom is -0.497 e. The van der Waals surface area contributed by atoms with Gasteiger partial charge in [-0.15, -0.1) is 10.2 Å². The molecule has 0 saturated heterocycles. The average Bonchev–Trinajstić information content (AvgIpc) is 3.20. The van der Waals surface area contributed by atoms with Crippen molar-refractivity contribution in [1.82, 2.24) is 14.8 Å². The van der Waals surface area contributed by atoms with E-state index in [-0.39, 0.29) is 11.7 Å². The molecule has 0 aliphatic rings. The monoisotopic (exact) mass is 446 g/mol. The molecule has 1 N–H and O–H groups in total. The lowest BCUT2D eigenvalue weighted by Gasteiger charge is -2.12. The number of carbonyl (C=O) groups is 1. The Kier molecular flexibility index (Phi) is 6.72. The first-order valence-corrected chi connectivity index (χ1v) is 10.9. The van der Waals surface area contributed by atoms with Gasteiger partial charge < -0.3 is 19.4 Å². The molecule has 0 aliphatic carbocycles. The number of hydrogen-bond donors (Lipinski definition) is 1. The molecule has 1 aromatic heterocycles.